The van der Waals surface area contributed by atoms with Crippen molar-refractivity contribution in [2.24, 2.45) is 0 Å². The number of fused-ring (bicyclic) bond motifs is 1. The third kappa shape index (κ3) is 2.90. The van der Waals surface area contributed by atoms with Gasteiger partial charge < -0.3 is 10.1 Å². The van der Waals surface area contributed by atoms with E-state index in [2.05, 4.69) is 41.5 Å². The molecule has 110 valence electrons. The summed E-state index contributed by atoms with van der Waals surface area (Å²) in [6.07, 6.45) is 1.86. The van der Waals surface area contributed by atoms with Gasteiger partial charge >= 0.3 is 0 Å². The van der Waals surface area contributed by atoms with Gasteiger partial charge in [-0.15, -0.1) is 0 Å². The summed E-state index contributed by atoms with van der Waals surface area (Å²) in [5.41, 5.74) is 3.52. The van der Waals surface area contributed by atoms with Crippen LogP contribution in [0, 0.1) is 0 Å². The summed E-state index contributed by atoms with van der Waals surface area (Å²) in [7, 11) is 1.69. The smallest absolute Gasteiger partial charge is 0.219 e. The lowest BCUT2D eigenvalue weighted by Gasteiger charge is -2.16. The summed E-state index contributed by atoms with van der Waals surface area (Å²) in [5.74, 6) is 1.75. The van der Waals surface area contributed by atoms with Gasteiger partial charge in [0.25, 0.3) is 0 Å². The summed E-state index contributed by atoms with van der Waals surface area (Å²) in [5, 5.41) is 3.40. The fraction of sp³-hybridized carbons (Fsp3) is 0.412. The maximum atomic E-state index is 5.52. The van der Waals surface area contributed by atoms with Gasteiger partial charge in [0, 0.05) is 24.4 Å². The molecule has 1 aliphatic rings. The highest BCUT2D eigenvalue weighted by atomic mass is 16.5. The largest absolute Gasteiger partial charge is 0.481 e. The lowest BCUT2D eigenvalue weighted by atomic mass is 10.00. The number of rotatable bonds is 3. The van der Waals surface area contributed by atoms with E-state index in [1.54, 1.807) is 7.11 Å². The Morgan fingerprint density at radius 3 is 2.62 bits per heavy atom. The number of methoxy groups -OCH3 is 1. The molecule has 4 heteroatoms. The Morgan fingerprint density at radius 2 is 1.86 bits per heavy atom. The van der Waals surface area contributed by atoms with E-state index in [0.29, 0.717) is 0 Å². The molecule has 0 radical (unpaired) electrons. The fourth-order valence-electron chi connectivity index (χ4n) is 2.78. The molecule has 2 aromatic rings. The lowest BCUT2D eigenvalue weighted by molar-refractivity contribution is 0.387. The van der Waals surface area contributed by atoms with Crippen LogP contribution in [0.15, 0.2) is 30.3 Å². The fourth-order valence-corrected chi connectivity index (χ4v) is 2.78. The third-order valence-corrected chi connectivity index (χ3v) is 4.04. The average molecular weight is 283 g/mol. The van der Waals surface area contributed by atoms with E-state index in [0.717, 1.165) is 48.9 Å². The normalized spacial score (nSPS) is 15.9. The molecule has 0 fully saturated rings. The first-order valence-electron chi connectivity index (χ1n) is 7.49. The van der Waals surface area contributed by atoms with Gasteiger partial charge in [-0.25, -0.2) is 4.98 Å². The van der Waals surface area contributed by atoms with Crippen LogP contribution in [0.25, 0.3) is 0 Å². The van der Waals surface area contributed by atoms with E-state index in [4.69, 9.17) is 9.72 Å². The van der Waals surface area contributed by atoms with Gasteiger partial charge in [0.15, 0.2) is 0 Å². The van der Waals surface area contributed by atoms with Crippen LogP contribution in [0.1, 0.15) is 35.5 Å². The Kier molecular flexibility index (Phi) is 4.15. The second-order valence-electron chi connectivity index (χ2n) is 5.40. The van der Waals surface area contributed by atoms with E-state index in [1.807, 2.05) is 6.07 Å². The van der Waals surface area contributed by atoms with Crippen molar-refractivity contribution in [3.05, 3.63) is 53.0 Å². The monoisotopic (exact) mass is 283 g/mol. The molecule has 0 saturated heterocycles. The molecule has 0 saturated carbocycles. The van der Waals surface area contributed by atoms with Gasteiger partial charge in [0.1, 0.15) is 5.82 Å². The second-order valence-corrected chi connectivity index (χ2v) is 5.40. The minimum Gasteiger partial charge on any atom is -0.481 e. The molecular formula is C17H21N3O. The quantitative estimate of drug-likeness (QED) is 0.939. The van der Waals surface area contributed by atoms with Crippen molar-refractivity contribution in [3.8, 4) is 5.88 Å². The molecular weight excluding hydrogens is 262 g/mol. The molecule has 0 spiro atoms. The molecule has 3 rings (SSSR count). The predicted molar refractivity (Wildman–Crippen MR) is 82.8 cm³/mol. The number of benzene rings is 1. The predicted octanol–water partition coefficient (Wildman–Crippen LogP) is 2.33. The highest BCUT2D eigenvalue weighted by Crippen LogP contribution is 2.27. The molecule has 1 aliphatic heterocycles. The van der Waals surface area contributed by atoms with Crippen molar-refractivity contribution >= 4 is 0 Å². The summed E-state index contributed by atoms with van der Waals surface area (Å²) in [6.45, 7) is 4.07. The van der Waals surface area contributed by atoms with E-state index in [-0.39, 0.29) is 5.92 Å². The third-order valence-electron chi connectivity index (χ3n) is 4.04. The van der Waals surface area contributed by atoms with Crippen LogP contribution in [0.3, 0.4) is 0 Å². The number of aromatic nitrogens is 2. The summed E-state index contributed by atoms with van der Waals surface area (Å²) < 4.78 is 5.52. The van der Waals surface area contributed by atoms with Crippen molar-refractivity contribution in [1.82, 2.24) is 15.3 Å². The first-order valence-corrected chi connectivity index (χ1v) is 7.49. The van der Waals surface area contributed by atoms with Gasteiger partial charge in [-0.3, -0.25) is 0 Å². The van der Waals surface area contributed by atoms with Crippen molar-refractivity contribution < 1.29 is 4.74 Å². The van der Waals surface area contributed by atoms with Crippen molar-refractivity contribution in [2.45, 2.75) is 25.7 Å². The minimum absolute atomic E-state index is 0.168. The SMILES string of the molecule is COc1nc(C(C)c2ccccc2)nc2c1CCNCC2. The van der Waals surface area contributed by atoms with Crippen LogP contribution >= 0.6 is 0 Å². The zero-order valence-corrected chi connectivity index (χ0v) is 12.6. The summed E-state index contributed by atoms with van der Waals surface area (Å²) in [4.78, 5) is 9.49. The molecule has 0 bridgehead atoms. The average Bonchev–Trinajstić information content (AvgIpc) is 2.79. The van der Waals surface area contributed by atoms with E-state index in [1.165, 1.54) is 5.56 Å². The maximum absolute atomic E-state index is 5.52. The van der Waals surface area contributed by atoms with Gasteiger partial charge in [-0.2, -0.15) is 4.98 Å². The highest BCUT2D eigenvalue weighted by Gasteiger charge is 2.20. The van der Waals surface area contributed by atoms with Gasteiger partial charge in [0.2, 0.25) is 5.88 Å². The Morgan fingerprint density at radius 1 is 1.10 bits per heavy atom. The van der Waals surface area contributed by atoms with E-state index >= 15 is 0 Å². The number of hydrogen-bond acceptors (Lipinski definition) is 4. The minimum atomic E-state index is 0.168. The molecule has 1 aromatic heterocycles. The Balaban J connectivity index is 2.01. The van der Waals surface area contributed by atoms with Crippen LogP contribution in [0.5, 0.6) is 5.88 Å². The van der Waals surface area contributed by atoms with Crippen LogP contribution in [0.2, 0.25) is 0 Å². The van der Waals surface area contributed by atoms with Gasteiger partial charge in [0.05, 0.1) is 12.8 Å². The van der Waals surface area contributed by atoms with Crippen LogP contribution < -0.4 is 10.1 Å². The number of ether oxygens (including phenoxy) is 1. The Labute approximate surface area is 125 Å². The number of nitrogens with one attached hydrogen (secondary N) is 1. The Hall–Kier alpha value is -1.94. The standard InChI is InChI=1S/C17H21N3O/c1-12(13-6-4-3-5-7-13)16-19-15-9-11-18-10-8-14(15)17(20-16)21-2/h3-7,12,18H,8-11H2,1-2H3. The first kappa shape index (κ1) is 14.0. The molecule has 1 aromatic carbocycles. The highest BCUT2D eigenvalue weighted by molar-refractivity contribution is 5.35. The molecule has 1 atom stereocenters. The zero-order chi connectivity index (χ0) is 14.7. The number of hydrogen-bond donors (Lipinski definition) is 1. The van der Waals surface area contributed by atoms with Gasteiger partial charge in [-0.05, 0) is 18.5 Å². The number of nitrogens with zero attached hydrogens (tertiary/aromatic N) is 2. The molecule has 1 unspecified atom stereocenters. The summed E-state index contributed by atoms with van der Waals surface area (Å²) >= 11 is 0. The molecule has 0 aliphatic carbocycles. The lowest BCUT2D eigenvalue weighted by Crippen LogP contribution is -2.16. The molecule has 4 nitrogen and oxygen atoms in total. The van der Waals surface area contributed by atoms with Crippen LogP contribution in [0.4, 0.5) is 0 Å². The molecule has 2 heterocycles. The zero-order valence-electron chi connectivity index (χ0n) is 12.6. The molecule has 0 amide bonds. The molecule has 21 heavy (non-hydrogen) atoms. The van der Waals surface area contributed by atoms with Crippen LogP contribution in [-0.4, -0.2) is 30.2 Å². The first-order chi connectivity index (χ1) is 10.3. The van der Waals surface area contributed by atoms with Crippen molar-refractivity contribution in [1.29, 1.82) is 0 Å². The molecule has 1 N–H and O–H groups in total. The van der Waals surface area contributed by atoms with E-state index in [9.17, 15) is 0 Å². The van der Waals surface area contributed by atoms with Gasteiger partial charge in [-0.1, -0.05) is 37.3 Å². The summed E-state index contributed by atoms with van der Waals surface area (Å²) in [6, 6.07) is 10.4. The maximum Gasteiger partial charge on any atom is 0.219 e. The second kappa shape index (κ2) is 6.22. The topological polar surface area (TPSA) is 47.0 Å². The van der Waals surface area contributed by atoms with Crippen LogP contribution in [-0.2, 0) is 12.8 Å². The van der Waals surface area contributed by atoms with E-state index < -0.39 is 0 Å². The Bertz CT molecular complexity index is 613. The van der Waals surface area contributed by atoms with Crippen molar-refractivity contribution in [2.75, 3.05) is 20.2 Å². The van der Waals surface area contributed by atoms with Crippen molar-refractivity contribution in [3.63, 3.8) is 0 Å².